The van der Waals surface area contributed by atoms with Crippen molar-refractivity contribution < 1.29 is 27.2 Å². The van der Waals surface area contributed by atoms with Crippen molar-refractivity contribution in [2.45, 2.75) is 37.2 Å². The van der Waals surface area contributed by atoms with Gasteiger partial charge in [-0.25, -0.2) is 8.42 Å². The Morgan fingerprint density at radius 3 is 2.60 bits per heavy atom. The van der Waals surface area contributed by atoms with Gasteiger partial charge in [0.2, 0.25) is 5.09 Å². The summed E-state index contributed by atoms with van der Waals surface area (Å²) in [5.41, 5.74) is 0. The minimum absolute atomic E-state index is 0.148. The molecule has 1 aliphatic heterocycles. The predicted molar refractivity (Wildman–Crippen MR) is 87.3 cm³/mol. The Balaban J connectivity index is 1.54. The molecule has 1 aromatic rings. The molecule has 9 heteroatoms. The molecule has 2 heterocycles. The highest BCUT2D eigenvalue weighted by Gasteiger charge is 2.29. The van der Waals surface area contributed by atoms with Gasteiger partial charge in [-0.15, -0.1) is 0 Å². The number of hydrogen-bond donors (Lipinski definition) is 1. The van der Waals surface area contributed by atoms with E-state index in [0.29, 0.717) is 25.6 Å². The number of piperidine rings is 1. The zero-order valence-corrected chi connectivity index (χ0v) is 14.7. The Labute approximate surface area is 146 Å². The smallest absolute Gasteiger partial charge is 0.325 e. The van der Waals surface area contributed by atoms with E-state index in [4.69, 9.17) is 9.15 Å². The summed E-state index contributed by atoms with van der Waals surface area (Å²) in [7, 11) is -3.72. The molecule has 0 radical (unpaired) electrons. The van der Waals surface area contributed by atoms with E-state index in [1.165, 1.54) is 16.4 Å². The van der Waals surface area contributed by atoms with Crippen LogP contribution in [-0.4, -0.2) is 50.8 Å². The van der Waals surface area contributed by atoms with Gasteiger partial charge in [0.15, 0.2) is 5.76 Å². The zero-order chi connectivity index (χ0) is 17.9. The van der Waals surface area contributed by atoms with E-state index in [9.17, 15) is 18.0 Å². The maximum Gasteiger partial charge on any atom is 0.325 e. The van der Waals surface area contributed by atoms with Crippen molar-refractivity contribution >= 4 is 21.9 Å². The van der Waals surface area contributed by atoms with Crippen LogP contribution in [0.25, 0.3) is 0 Å². The van der Waals surface area contributed by atoms with Crippen LogP contribution in [0, 0.1) is 5.92 Å². The average molecular weight is 370 g/mol. The summed E-state index contributed by atoms with van der Waals surface area (Å²) in [5.74, 6) is -0.866. The van der Waals surface area contributed by atoms with Gasteiger partial charge in [0.1, 0.15) is 6.54 Å². The van der Waals surface area contributed by atoms with E-state index in [1.807, 2.05) is 0 Å². The second-order valence-corrected chi connectivity index (χ2v) is 8.26. The summed E-state index contributed by atoms with van der Waals surface area (Å²) in [5, 5.41) is 2.12. The minimum atomic E-state index is -3.72. The number of carbonyl (C=O) groups is 2. The first-order chi connectivity index (χ1) is 12.0. The van der Waals surface area contributed by atoms with E-state index in [1.54, 1.807) is 0 Å². The first kappa shape index (κ1) is 17.9. The molecule has 0 spiro atoms. The number of esters is 1. The molecule has 1 aliphatic carbocycles. The van der Waals surface area contributed by atoms with Crippen LogP contribution in [0.2, 0.25) is 0 Å². The molecule has 25 heavy (non-hydrogen) atoms. The van der Waals surface area contributed by atoms with Crippen LogP contribution in [0.3, 0.4) is 0 Å². The molecule has 2 fully saturated rings. The SMILES string of the molecule is O=C(CNC(=O)c1ccc(S(=O)(=O)N2CCCCC2)o1)OCC1CC1. The molecular formula is C16H22N2O6S. The lowest BCUT2D eigenvalue weighted by atomic mass is 10.2. The Morgan fingerprint density at radius 1 is 1.20 bits per heavy atom. The minimum Gasteiger partial charge on any atom is -0.464 e. The highest BCUT2D eigenvalue weighted by Crippen LogP contribution is 2.28. The lowest BCUT2D eigenvalue weighted by Gasteiger charge is -2.24. The predicted octanol–water partition coefficient (Wildman–Crippen LogP) is 1.14. The van der Waals surface area contributed by atoms with Crippen molar-refractivity contribution in [3.05, 3.63) is 17.9 Å². The number of amides is 1. The van der Waals surface area contributed by atoms with E-state index in [0.717, 1.165) is 32.1 Å². The van der Waals surface area contributed by atoms with Gasteiger partial charge in [0.05, 0.1) is 6.61 Å². The summed E-state index contributed by atoms with van der Waals surface area (Å²) in [6, 6.07) is 2.56. The second kappa shape index (κ2) is 7.57. The van der Waals surface area contributed by atoms with Gasteiger partial charge in [0, 0.05) is 13.1 Å². The topological polar surface area (TPSA) is 106 Å². The van der Waals surface area contributed by atoms with Crippen LogP contribution in [0.5, 0.6) is 0 Å². The molecule has 138 valence electrons. The summed E-state index contributed by atoms with van der Waals surface area (Å²) in [6.45, 7) is 1.02. The number of ether oxygens (including phenoxy) is 1. The number of sulfonamides is 1. The average Bonchev–Trinajstić information content (AvgIpc) is 3.31. The Hall–Kier alpha value is -1.87. The third kappa shape index (κ3) is 4.60. The van der Waals surface area contributed by atoms with Gasteiger partial charge in [-0.1, -0.05) is 6.42 Å². The highest BCUT2D eigenvalue weighted by molar-refractivity contribution is 7.89. The lowest BCUT2D eigenvalue weighted by Crippen LogP contribution is -2.35. The molecule has 1 saturated carbocycles. The molecule has 3 rings (SSSR count). The molecule has 8 nitrogen and oxygen atoms in total. The van der Waals surface area contributed by atoms with Crippen molar-refractivity contribution in [2.24, 2.45) is 5.92 Å². The third-order valence-corrected chi connectivity index (χ3v) is 6.06. The van der Waals surface area contributed by atoms with Gasteiger partial charge in [-0.05, 0) is 43.7 Å². The van der Waals surface area contributed by atoms with Crippen molar-refractivity contribution in [1.82, 2.24) is 9.62 Å². The van der Waals surface area contributed by atoms with Gasteiger partial charge in [-0.3, -0.25) is 9.59 Å². The second-order valence-electron chi connectivity index (χ2n) is 6.39. The van der Waals surface area contributed by atoms with Crippen LogP contribution in [0.1, 0.15) is 42.7 Å². The first-order valence-corrected chi connectivity index (χ1v) is 9.94. The summed E-state index contributed by atoms with van der Waals surface area (Å²) in [6.07, 6.45) is 4.78. The third-order valence-electron chi connectivity index (χ3n) is 4.28. The van der Waals surface area contributed by atoms with Gasteiger partial charge in [0.25, 0.3) is 15.9 Å². The van der Waals surface area contributed by atoms with Crippen molar-refractivity contribution in [2.75, 3.05) is 26.2 Å². The Morgan fingerprint density at radius 2 is 1.92 bits per heavy atom. The van der Waals surface area contributed by atoms with Crippen LogP contribution in [-0.2, 0) is 19.6 Å². The van der Waals surface area contributed by atoms with Crippen LogP contribution >= 0.6 is 0 Å². The number of nitrogens with zero attached hydrogens (tertiary/aromatic N) is 1. The van der Waals surface area contributed by atoms with Crippen LogP contribution < -0.4 is 5.32 Å². The van der Waals surface area contributed by atoms with Crippen molar-refractivity contribution in [3.8, 4) is 0 Å². The normalized spacial score (nSPS) is 18.7. The number of carbonyl (C=O) groups excluding carboxylic acids is 2. The van der Waals surface area contributed by atoms with E-state index < -0.39 is 21.9 Å². The van der Waals surface area contributed by atoms with Crippen LogP contribution in [0.15, 0.2) is 21.6 Å². The molecule has 1 amide bonds. The van der Waals surface area contributed by atoms with Crippen molar-refractivity contribution in [3.63, 3.8) is 0 Å². The fourth-order valence-electron chi connectivity index (χ4n) is 2.60. The molecule has 1 saturated heterocycles. The van der Waals surface area contributed by atoms with E-state index >= 15 is 0 Å². The molecular weight excluding hydrogens is 348 g/mol. The zero-order valence-electron chi connectivity index (χ0n) is 13.9. The summed E-state index contributed by atoms with van der Waals surface area (Å²) < 4.78 is 36.5. The number of nitrogens with one attached hydrogen (secondary N) is 1. The number of hydrogen-bond acceptors (Lipinski definition) is 6. The highest BCUT2D eigenvalue weighted by atomic mass is 32.2. The van der Waals surface area contributed by atoms with E-state index in [2.05, 4.69) is 5.32 Å². The molecule has 0 atom stereocenters. The number of furan rings is 1. The first-order valence-electron chi connectivity index (χ1n) is 8.50. The van der Waals surface area contributed by atoms with Crippen molar-refractivity contribution in [1.29, 1.82) is 0 Å². The molecule has 0 bridgehead atoms. The van der Waals surface area contributed by atoms with Gasteiger partial charge >= 0.3 is 5.97 Å². The fourth-order valence-corrected chi connectivity index (χ4v) is 4.03. The maximum absolute atomic E-state index is 12.5. The summed E-state index contributed by atoms with van der Waals surface area (Å²) in [4.78, 5) is 23.5. The van der Waals surface area contributed by atoms with Gasteiger partial charge < -0.3 is 14.5 Å². The quantitative estimate of drug-likeness (QED) is 0.722. The molecule has 1 N–H and O–H groups in total. The largest absolute Gasteiger partial charge is 0.464 e. The van der Waals surface area contributed by atoms with E-state index in [-0.39, 0.29) is 17.4 Å². The lowest BCUT2D eigenvalue weighted by molar-refractivity contribution is -0.142. The standard InChI is InChI=1S/C16H22N2O6S/c19-14(23-11-12-4-5-12)10-17-16(20)13-6-7-15(24-13)25(21,22)18-8-2-1-3-9-18/h6-7,12H,1-5,8-11H2,(H,17,20). The maximum atomic E-state index is 12.5. The number of rotatable bonds is 7. The monoisotopic (exact) mass is 370 g/mol. The Kier molecular flexibility index (Phi) is 5.43. The molecule has 0 unspecified atom stereocenters. The summed E-state index contributed by atoms with van der Waals surface area (Å²) >= 11 is 0. The molecule has 1 aromatic heterocycles. The molecule has 0 aromatic carbocycles. The molecule has 2 aliphatic rings. The Bertz CT molecular complexity index is 732. The van der Waals surface area contributed by atoms with Gasteiger partial charge in [-0.2, -0.15) is 4.31 Å². The van der Waals surface area contributed by atoms with Crippen LogP contribution in [0.4, 0.5) is 0 Å². The fraction of sp³-hybridized carbons (Fsp3) is 0.625.